The van der Waals surface area contributed by atoms with E-state index in [1.807, 2.05) is 13.8 Å². The molecule has 0 fully saturated rings. The Kier molecular flexibility index (Phi) is 8.47. The van der Waals surface area contributed by atoms with E-state index < -0.39 is 34.7 Å². The first-order valence-corrected chi connectivity index (χ1v) is 12.3. The van der Waals surface area contributed by atoms with Crippen LogP contribution in [0.1, 0.15) is 30.7 Å². The van der Waals surface area contributed by atoms with Gasteiger partial charge >= 0.3 is 12.1 Å². The molecule has 7 nitrogen and oxygen atoms in total. The van der Waals surface area contributed by atoms with E-state index in [0.29, 0.717) is 30.3 Å². The maximum atomic E-state index is 13.8. The number of fused-ring (bicyclic) bond motifs is 1. The first-order chi connectivity index (χ1) is 19.1. The van der Waals surface area contributed by atoms with Crippen molar-refractivity contribution in [2.24, 2.45) is 0 Å². The van der Waals surface area contributed by atoms with E-state index in [0.717, 1.165) is 17.7 Å². The van der Waals surface area contributed by atoms with Gasteiger partial charge in [-0.15, -0.1) is 0 Å². The topological polar surface area (TPSA) is 84.2 Å². The van der Waals surface area contributed by atoms with E-state index in [-0.39, 0.29) is 16.9 Å². The molecular weight excluding hydrogens is 529 g/mol. The van der Waals surface area contributed by atoms with Crippen molar-refractivity contribution in [1.82, 2.24) is 0 Å². The number of aryl methyl sites for hydroxylation is 1. The second kappa shape index (κ2) is 12.0. The number of benzene rings is 3. The Morgan fingerprint density at radius 1 is 0.900 bits per heavy atom. The van der Waals surface area contributed by atoms with E-state index >= 15 is 0 Å². The lowest BCUT2D eigenvalue weighted by atomic mass is 10.2. The minimum atomic E-state index is -5.03. The Hall–Kier alpha value is -4.73. The summed E-state index contributed by atoms with van der Waals surface area (Å²) in [5, 5.41) is -0.178. The number of esters is 1. The highest BCUT2D eigenvalue weighted by Gasteiger charge is 2.40. The van der Waals surface area contributed by atoms with Crippen LogP contribution < -0.4 is 24.4 Å². The molecule has 208 valence electrons. The van der Waals surface area contributed by atoms with E-state index in [2.05, 4.69) is 0 Å². The van der Waals surface area contributed by atoms with Crippen molar-refractivity contribution >= 4 is 23.0 Å². The summed E-state index contributed by atoms with van der Waals surface area (Å²) in [5.41, 5.74) is 0.0492. The highest BCUT2D eigenvalue weighted by atomic mass is 19.4. The van der Waals surface area contributed by atoms with E-state index in [1.54, 1.807) is 37.3 Å². The summed E-state index contributed by atoms with van der Waals surface area (Å²) >= 11 is 0. The summed E-state index contributed by atoms with van der Waals surface area (Å²) in [6, 6.07) is 14.8. The molecule has 0 aliphatic heterocycles. The van der Waals surface area contributed by atoms with Crippen LogP contribution in [-0.4, -0.2) is 19.2 Å². The van der Waals surface area contributed by atoms with Crippen molar-refractivity contribution in [3.05, 3.63) is 93.9 Å². The fraction of sp³-hybridized carbons (Fsp3) is 0.200. The lowest BCUT2D eigenvalue weighted by Crippen LogP contribution is -2.15. The zero-order valence-corrected chi connectivity index (χ0v) is 21.8. The van der Waals surface area contributed by atoms with Crippen molar-refractivity contribution in [3.8, 4) is 28.7 Å². The number of alkyl halides is 3. The molecule has 40 heavy (non-hydrogen) atoms. The summed E-state index contributed by atoms with van der Waals surface area (Å²) in [6.07, 6.45) is -2.40. The fourth-order valence-electron chi connectivity index (χ4n) is 3.71. The minimum absolute atomic E-state index is 0.0426. The number of carbonyl (C=O) groups is 1. The van der Waals surface area contributed by atoms with Crippen LogP contribution in [0.15, 0.2) is 76.0 Å². The number of hydrogen-bond acceptors (Lipinski definition) is 7. The molecule has 0 aliphatic rings. The Balaban J connectivity index is 1.59. The van der Waals surface area contributed by atoms with Crippen LogP contribution in [0.2, 0.25) is 0 Å². The Morgan fingerprint density at radius 3 is 2.25 bits per heavy atom. The molecule has 3 aromatic carbocycles. The average Bonchev–Trinajstić information content (AvgIpc) is 2.91. The lowest BCUT2D eigenvalue weighted by Gasteiger charge is -2.13. The van der Waals surface area contributed by atoms with Crippen molar-refractivity contribution in [1.29, 1.82) is 0 Å². The molecule has 4 aromatic rings. The Bertz CT molecular complexity index is 1600. The average molecular weight is 555 g/mol. The predicted molar refractivity (Wildman–Crippen MR) is 142 cm³/mol. The SMILES string of the molecule is CCOc1ccc(/C=C/C(=O)Oc2ccc3c(=O)c(Oc4ccc(C)cc4)c(C(F)(F)F)oc3c2)cc1OCC. The molecule has 0 aliphatic carbocycles. The van der Waals surface area contributed by atoms with Gasteiger partial charge in [0.05, 0.1) is 18.6 Å². The van der Waals surface area contributed by atoms with Crippen LogP contribution in [0, 0.1) is 6.92 Å². The van der Waals surface area contributed by atoms with E-state index in [4.69, 9.17) is 23.4 Å². The summed E-state index contributed by atoms with van der Waals surface area (Å²) < 4.78 is 68.1. The Morgan fingerprint density at radius 2 is 1.57 bits per heavy atom. The second-order valence-electron chi connectivity index (χ2n) is 8.49. The van der Waals surface area contributed by atoms with Gasteiger partial charge in [-0.25, -0.2) is 4.79 Å². The largest absolute Gasteiger partial charge is 0.490 e. The lowest BCUT2D eigenvalue weighted by molar-refractivity contribution is -0.154. The second-order valence-corrected chi connectivity index (χ2v) is 8.49. The maximum absolute atomic E-state index is 13.8. The number of halogens is 3. The quantitative estimate of drug-likeness (QED) is 0.122. The molecule has 0 saturated heterocycles. The Labute approximate surface area is 227 Å². The number of ether oxygens (including phenoxy) is 4. The van der Waals surface area contributed by atoms with Gasteiger partial charge in [-0.05, 0) is 68.8 Å². The van der Waals surface area contributed by atoms with Gasteiger partial charge in [-0.1, -0.05) is 23.8 Å². The van der Waals surface area contributed by atoms with E-state index in [9.17, 15) is 22.8 Å². The van der Waals surface area contributed by atoms with Crippen LogP contribution in [0.4, 0.5) is 13.2 Å². The fourth-order valence-corrected chi connectivity index (χ4v) is 3.71. The third kappa shape index (κ3) is 6.63. The van der Waals surface area contributed by atoms with Gasteiger partial charge < -0.3 is 23.4 Å². The molecule has 0 radical (unpaired) electrons. The third-order valence-corrected chi connectivity index (χ3v) is 5.52. The third-order valence-electron chi connectivity index (χ3n) is 5.52. The van der Waals surface area contributed by atoms with Crippen molar-refractivity contribution in [3.63, 3.8) is 0 Å². The molecule has 0 saturated carbocycles. The predicted octanol–water partition coefficient (Wildman–Crippen LogP) is 7.33. The minimum Gasteiger partial charge on any atom is -0.490 e. The van der Waals surface area contributed by atoms with Crippen LogP contribution in [0.5, 0.6) is 28.7 Å². The molecule has 0 bridgehead atoms. The highest BCUT2D eigenvalue weighted by Crippen LogP contribution is 2.38. The zero-order valence-electron chi connectivity index (χ0n) is 21.8. The van der Waals surface area contributed by atoms with Crippen LogP contribution in [0.25, 0.3) is 17.0 Å². The standard InChI is InChI=1S/C30H25F3O7/c1-4-36-23-14-8-19(16-25(23)37-5-2)9-15-26(34)38-21-12-13-22-24(17-21)40-29(30(31,32)33)28(27(22)35)39-20-10-6-18(3)7-11-20/h6-17H,4-5H2,1-3H3/b15-9+. The molecule has 1 heterocycles. The number of carbonyl (C=O) groups excluding carboxylic acids is 1. The molecule has 0 spiro atoms. The maximum Gasteiger partial charge on any atom is 0.453 e. The molecule has 0 unspecified atom stereocenters. The van der Waals surface area contributed by atoms with Crippen molar-refractivity contribution in [2.45, 2.75) is 26.9 Å². The molecule has 0 amide bonds. The molecule has 1 aromatic heterocycles. The normalized spacial score (nSPS) is 11.6. The molecule has 0 N–H and O–H groups in total. The number of hydrogen-bond donors (Lipinski definition) is 0. The van der Waals surface area contributed by atoms with Gasteiger partial charge in [0, 0.05) is 12.1 Å². The first kappa shape index (κ1) is 28.3. The van der Waals surface area contributed by atoms with Gasteiger partial charge in [0.25, 0.3) is 5.76 Å². The van der Waals surface area contributed by atoms with Crippen LogP contribution >= 0.6 is 0 Å². The molecular formula is C30H25F3O7. The smallest absolute Gasteiger partial charge is 0.453 e. The molecule has 10 heteroatoms. The van der Waals surface area contributed by atoms with Crippen molar-refractivity contribution in [2.75, 3.05) is 13.2 Å². The summed E-state index contributed by atoms with van der Waals surface area (Å²) in [4.78, 5) is 25.4. The van der Waals surface area contributed by atoms with Gasteiger partial charge in [0.2, 0.25) is 11.2 Å². The summed E-state index contributed by atoms with van der Waals surface area (Å²) in [6.45, 7) is 6.35. The molecule has 4 rings (SSSR count). The van der Waals surface area contributed by atoms with Crippen LogP contribution in [0.3, 0.4) is 0 Å². The zero-order chi connectivity index (χ0) is 28.9. The summed E-state index contributed by atoms with van der Waals surface area (Å²) in [7, 11) is 0. The number of rotatable bonds is 9. The van der Waals surface area contributed by atoms with Gasteiger partial charge in [0.15, 0.2) is 11.5 Å². The first-order valence-electron chi connectivity index (χ1n) is 12.3. The monoisotopic (exact) mass is 554 g/mol. The van der Waals surface area contributed by atoms with Gasteiger partial charge in [0.1, 0.15) is 17.1 Å². The molecule has 0 atom stereocenters. The summed E-state index contributed by atoms with van der Waals surface area (Å²) in [5.74, 6) is -2.40. The van der Waals surface area contributed by atoms with E-state index in [1.165, 1.54) is 30.3 Å². The van der Waals surface area contributed by atoms with Crippen LogP contribution in [-0.2, 0) is 11.0 Å². The van der Waals surface area contributed by atoms with Crippen molar-refractivity contribution < 1.29 is 41.3 Å². The highest BCUT2D eigenvalue weighted by molar-refractivity contribution is 5.89. The van der Waals surface area contributed by atoms with Gasteiger partial charge in [-0.2, -0.15) is 13.2 Å². The van der Waals surface area contributed by atoms with Gasteiger partial charge in [-0.3, -0.25) is 4.79 Å².